The van der Waals surface area contributed by atoms with Gasteiger partial charge in [0.2, 0.25) is 0 Å². The highest BCUT2D eigenvalue weighted by Gasteiger charge is 2.29. The van der Waals surface area contributed by atoms with Crippen molar-refractivity contribution in [2.45, 2.75) is 36.8 Å². The molecule has 0 N–H and O–H groups in total. The number of benzene rings is 1. The van der Waals surface area contributed by atoms with Gasteiger partial charge in [-0.1, -0.05) is 17.7 Å². The van der Waals surface area contributed by atoms with Gasteiger partial charge in [0.05, 0.1) is 10.1 Å². The van der Waals surface area contributed by atoms with Crippen molar-refractivity contribution in [2.24, 2.45) is 0 Å². The average molecular weight is 210 g/mol. The zero-order chi connectivity index (χ0) is 10.3. The van der Waals surface area contributed by atoms with E-state index in [-0.39, 0.29) is 5.25 Å². The summed E-state index contributed by atoms with van der Waals surface area (Å²) in [6.07, 6.45) is 1.64. The molecule has 3 heteroatoms. The summed E-state index contributed by atoms with van der Waals surface area (Å²) >= 11 is 0. The lowest BCUT2D eigenvalue weighted by molar-refractivity contribution is 0.567. The van der Waals surface area contributed by atoms with Gasteiger partial charge in [-0.05, 0) is 38.3 Å². The maximum Gasteiger partial charge on any atom is 0.181 e. The van der Waals surface area contributed by atoms with Gasteiger partial charge in [0.1, 0.15) is 0 Å². The maximum atomic E-state index is 11.9. The Kier molecular flexibility index (Phi) is 2.14. The Labute approximate surface area is 84.9 Å². The molecule has 0 aromatic heterocycles. The van der Waals surface area contributed by atoms with Crippen molar-refractivity contribution in [2.75, 3.05) is 0 Å². The summed E-state index contributed by atoms with van der Waals surface area (Å²) in [6, 6.07) is 5.60. The molecular weight excluding hydrogens is 196 g/mol. The van der Waals surface area contributed by atoms with E-state index in [4.69, 9.17) is 0 Å². The molecule has 0 saturated carbocycles. The number of fused-ring (bicyclic) bond motifs is 1. The summed E-state index contributed by atoms with van der Waals surface area (Å²) in [5.41, 5.74) is 2.12. The van der Waals surface area contributed by atoms with E-state index in [0.717, 1.165) is 24.0 Å². The molecule has 2 nitrogen and oxygen atoms in total. The lowest BCUT2D eigenvalue weighted by Crippen LogP contribution is -2.24. The summed E-state index contributed by atoms with van der Waals surface area (Å²) in [4.78, 5) is 0.543. The van der Waals surface area contributed by atoms with Crippen LogP contribution < -0.4 is 0 Å². The third-order valence-corrected chi connectivity index (χ3v) is 5.18. The molecule has 0 spiro atoms. The van der Waals surface area contributed by atoms with E-state index in [9.17, 15) is 8.42 Å². The van der Waals surface area contributed by atoms with Crippen molar-refractivity contribution in [3.8, 4) is 0 Å². The zero-order valence-corrected chi connectivity index (χ0v) is 9.26. The monoisotopic (exact) mass is 210 g/mol. The molecule has 1 atom stereocenters. The minimum Gasteiger partial charge on any atom is -0.223 e. The largest absolute Gasteiger partial charge is 0.223 e. The van der Waals surface area contributed by atoms with E-state index >= 15 is 0 Å². The molecular formula is C11H14O2S. The van der Waals surface area contributed by atoms with Crippen LogP contribution in [0.4, 0.5) is 0 Å². The molecule has 1 aliphatic heterocycles. The van der Waals surface area contributed by atoms with Crippen LogP contribution in [0.15, 0.2) is 23.1 Å². The van der Waals surface area contributed by atoms with Gasteiger partial charge < -0.3 is 0 Å². The SMILES string of the molecule is Cc1ccc2c(c1)CCC(C)S2(=O)=O. The van der Waals surface area contributed by atoms with Crippen LogP contribution in [0.5, 0.6) is 0 Å². The second-order valence-corrected chi connectivity index (χ2v) is 6.34. The molecule has 1 heterocycles. The number of hydrogen-bond acceptors (Lipinski definition) is 2. The molecule has 0 saturated heterocycles. The van der Waals surface area contributed by atoms with Gasteiger partial charge in [0.15, 0.2) is 9.84 Å². The van der Waals surface area contributed by atoms with Crippen molar-refractivity contribution >= 4 is 9.84 Å². The summed E-state index contributed by atoms with van der Waals surface area (Å²) < 4.78 is 23.8. The first-order valence-corrected chi connectivity index (χ1v) is 6.40. The van der Waals surface area contributed by atoms with Crippen LogP contribution in [0.3, 0.4) is 0 Å². The predicted molar refractivity (Wildman–Crippen MR) is 56.1 cm³/mol. The third-order valence-electron chi connectivity index (χ3n) is 2.87. The number of rotatable bonds is 0. The molecule has 1 unspecified atom stereocenters. The lowest BCUT2D eigenvalue weighted by atomic mass is 10.1. The minimum absolute atomic E-state index is 0.224. The van der Waals surface area contributed by atoms with E-state index in [0.29, 0.717) is 4.90 Å². The zero-order valence-electron chi connectivity index (χ0n) is 8.45. The quantitative estimate of drug-likeness (QED) is 0.657. The fourth-order valence-electron chi connectivity index (χ4n) is 1.91. The van der Waals surface area contributed by atoms with Crippen molar-refractivity contribution in [1.29, 1.82) is 0 Å². The minimum atomic E-state index is -3.04. The van der Waals surface area contributed by atoms with Gasteiger partial charge in [-0.15, -0.1) is 0 Å². The summed E-state index contributed by atoms with van der Waals surface area (Å²) in [6.45, 7) is 3.78. The van der Waals surface area contributed by atoms with Crippen molar-refractivity contribution in [3.63, 3.8) is 0 Å². The molecule has 0 amide bonds. The van der Waals surface area contributed by atoms with Crippen molar-refractivity contribution in [1.82, 2.24) is 0 Å². The molecule has 0 bridgehead atoms. The normalized spacial score (nSPS) is 24.3. The van der Waals surface area contributed by atoms with Crippen LogP contribution >= 0.6 is 0 Å². The van der Waals surface area contributed by atoms with Crippen LogP contribution in [-0.4, -0.2) is 13.7 Å². The standard InChI is InChI=1S/C11H14O2S/c1-8-3-6-11-10(7-8)5-4-9(2)14(11,12)13/h3,6-7,9H,4-5H2,1-2H3. The summed E-state index contributed by atoms with van der Waals surface area (Å²) in [7, 11) is -3.04. The predicted octanol–water partition coefficient (Wildman–Crippen LogP) is 2.10. The van der Waals surface area contributed by atoms with Gasteiger partial charge in [-0.2, -0.15) is 0 Å². The van der Waals surface area contributed by atoms with Gasteiger partial charge in [-0.25, -0.2) is 8.42 Å². The molecule has 76 valence electrons. The molecule has 2 rings (SSSR count). The van der Waals surface area contributed by atoms with E-state index in [1.165, 1.54) is 0 Å². The van der Waals surface area contributed by atoms with Gasteiger partial charge in [-0.3, -0.25) is 0 Å². The maximum absolute atomic E-state index is 11.9. The lowest BCUT2D eigenvalue weighted by Gasteiger charge is -2.22. The van der Waals surface area contributed by atoms with E-state index < -0.39 is 9.84 Å². The third kappa shape index (κ3) is 1.36. The Balaban J connectivity index is 2.65. The Morgan fingerprint density at radius 1 is 1.36 bits per heavy atom. The second-order valence-electron chi connectivity index (χ2n) is 4.01. The molecule has 1 aliphatic rings. The Bertz CT molecular complexity index is 460. The van der Waals surface area contributed by atoms with Crippen LogP contribution in [0.2, 0.25) is 0 Å². The van der Waals surface area contributed by atoms with Crippen LogP contribution in [0.1, 0.15) is 24.5 Å². The smallest absolute Gasteiger partial charge is 0.181 e. The number of sulfone groups is 1. The van der Waals surface area contributed by atoms with Crippen LogP contribution in [0, 0.1) is 6.92 Å². The summed E-state index contributed by atoms with van der Waals surface area (Å²) in [5.74, 6) is 0. The summed E-state index contributed by atoms with van der Waals surface area (Å²) in [5, 5.41) is -0.224. The first kappa shape index (κ1) is 9.71. The Hall–Kier alpha value is -0.830. The van der Waals surface area contributed by atoms with Crippen molar-refractivity contribution in [3.05, 3.63) is 29.3 Å². The fraction of sp³-hybridized carbons (Fsp3) is 0.455. The fourth-order valence-corrected chi connectivity index (χ4v) is 3.56. The van der Waals surface area contributed by atoms with Crippen LogP contribution in [0.25, 0.3) is 0 Å². The van der Waals surface area contributed by atoms with Gasteiger partial charge in [0.25, 0.3) is 0 Å². The van der Waals surface area contributed by atoms with Crippen molar-refractivity contribution < 1.29 is 8.42 Å². The Morgan fingerprint density at radius 2 is 2.07 bits per heavy atom. The van der Waals surface area contributed by atoms with E-state index in [1.807, 2.05) is 19.1 Å². The highest BCUT2D eigenvalue weighted by molar-refractivity contribution is 7.92. The van der Waals surface area contributed by atoms with Crippen LogP contribution in [-0.2, 0) is 16.3 Å². The average Bonchev–Trinajstić information content (AvgIpc) is 2.12. The molecule has 0 aliphatic carbocycles. The van der Waals surface area contributed by atoms with Gasteiger partial charge in [0, 0.05) is 0 Å². The van der Waals surface area contributed by atoms with E-state index in [2.05, 4.69) is 0 Å². The highest BCUT2D eigenvalue weighted by Crippen LogP contribution is 2.29. The highest BCUT2D eigenvalue weighted by atomic mass is 32.2. The second kappa shape index (κ2) is 3.09. The molecule has 0 radical (unpaired) electrons. The molecule has 1 aromatic rings. The topological polar surface area (TPSA) is 34.1 Å². The first-order chi connectivity index (χ1) is 6.51. The first-order valence-electron chi connectivity index (χ1n) is 4.85. The van der Waals surface area contributed by atoms with Gasteiger partial charge >= 0.3 is 0 Å². The number of aryl methyl sites for hydroxylation is 2. The molecule has 0 fully saturated rings. The Morgan fingerprint density at radius 3 is 2.79 bits per heavy atom. The molecule has 1 aromatic carbocycles. The van der Waals surface area contributed by atoms with E-state index in [1.54, 1.807) is 13.0 Å². The molecule has 14 heavy (non-hydrogen) atoms. The number of hydrogen-bond donors (Lipinski definition) is 0.